The first kappa shape index (κ1) is 13.3. The van der Waals surface area contributed by atoms with E-state index in [0.29, 0.717) is 18.1 Å². The molecule has 0 aliphatic heterocycles. The Kier molecular flexibility index (Phi) is 6.23. The van der Waals surface area contributed by atoms with E-state index in [-0.39, 0.29) is 0 Å². The van der Waals surface area contributed by atoms with Crippen LogP contribution in [0.5, 0.6) is 0 Å². The van der Waals surface area contributed by atoms with Crippen LogP contribution in [0.4, 0.5) is 0 Å². The number of rotatable bonds is 5. The molecule has 0 N–H and O–H groups in total. The summed E-state index contributed by atoms with van der Waals surface area (Å²) in [5.41, 5.74) is 0. The van der Waals surface area contributed by atoms with Gasteiger partial charge in [0.05, 0.1) is 6.42 Å². The molecule has 0 aromatic carbocycles. The molecule has 0 aromatic rings. The number of hydrogen-bond acceptors (Lipinski definition) is 1. The number of hydrogen-bond donors (Lipinski definition) is 0. The molecule has 0 saturated heterocycles. The first-order valence-electron chi connectivity index (χ1n) is 6.70. The molecule has 1 aliphatic carbocycles. The summed E-state index contributed by atoms with van der Waals surface area (Å²) in [4.78, 5) is 11.8. The topological polar surface area (TPSA) is 17.1 Å². The minimum Gasteiger partial charge on any atom is -0.298 e. The van der Waals surface area contributed by atoms with E-state index in [2.05, 4.69) is 18.8 Å². The minimum atomic E-state index is 0.318. The molecule has 1 aliphatic rings. The maximum absolute atomic E-state index is 11.8. The van der Waals surface area contributed by atoms with Crippen LogP contribution < -0.4 is 0 Å². The molecule has 0 aromatic heterocycles. The second-order valence-corrected chi connectivity index (χ2v) is 4.93. The van der Waals surface area contributed by atoms with Gasteiger partial charge in [0, 0.05) is 5.92 Å². The molecule has 0 heterocycles. The second-order valence-electron chi connectivity index (χ2n) is 4.93. The third-order valence-electron chi connectivity index (χ3n) is 3.71. The highest BCUT2D eigenvalue weighted by Gasteiger charge is 2.24. The van der Waals surface area contributed by atoms with Crippen molar-refractivity contribution in [3.8, 4) is 11.8 Å². The van der Waals surface area contributed by atoms with Crippen molar-refractivity contribution in [2.24, 2.45) is 11.8 Å². The molecule has 90 valence electrons. The standard InChI is InChI=1S/C15H24O/c1-3-5-7-13-9-11-14(12-10-13)15(16)8-6-4-2/h13-14H,3,5,7-12H2,1-2H3. The van der Waals surface area contributed by atoms with Crippen LogP contribution in [0.15, 0.2) is 0 Å². The molecule has 0 unspecified atom stereocenters. The maximum Gasteiger partial charge on any atom is 0.147 e. The average Bonchev–Trinajstić information content (AvgIpc) is 2.34. The number of carbonyl (C=O) groups is 1. The molecule has 0 bridgehead atoms. The van der Waals surface area contributed by atoms with Gasteiger partial charge in [0.15, 0.2) is 0 Å². The van der Waals surface area contributed by atoms with Crippen LogP contribution >= 0.6 is 0 Å². The Balaban J connectivity index is 2.25. The van der Waals surface area contributed by atoms with Gasteiger partial charge in [0.25, 0.3) is 0 Å². The fourth-order valence-electron chi connectivity index (χ4n) is 2.59. The molecule has 1 heteroatoms. The lowest BCUT2D eigenvalue weighted by Crippen LogP contribution is -2.21. The molecule has 16 heavy (non-hydrogen) atoms. The summed E-state index contributed by atoms with van der Waals surface area (Å²) in [6.07, 6.45) is 9.23. The summed E-state index contributed by atoms with van der Waals surface area (Å²) < 4.78 is 0. The molecule has 1 fully saturated rings. The van der Waals surface area contributed by atoms with E-state index >= 15 is 0 Å². The molecule has 0 spiro atoms. The van der Waals surface area contributed by atoms with Gasteiger partial charge in [-0.15, -0.1) is 5.92 Å². The fourth-order valence-corrected chi connectivity index (χ4v) is 2.59. The van der Waals surface area contributed by atoms with Crippen LogP contribution in [-0.4, -0.2) is 5.78 Å². The zero-order chi connectivity index (χ0) is 11.8. The zero-order valence-electron chi connectivity index (χ0n) is 10.7. The highest BCUT2D eigenvalue weighted by atomic mass is 16.1. The normalized spacial score (nSPS) is 24.6. The lowest BCUT2D eigenvalue weighted by Gasteiger charge is -2.27. The van der Waals surface area contributed by atoms with Gasteiger partial charge in [-0.3, -0.25) is 4.79 Å². The first-order chi connectivity index (χ1) is 7.77. The highest BCUT2D eigenvalue weighted by Crippen LogP contribution is 2.32. The number of unbranched alkanes of at least 4 members (excludes halogenated alkanes) is 1. The van der Waals surface area contributed by atoms with Crippen LogP contribution in [0.1, 0.15) is 65.2 Å². The van der Waals surface area contributed by atoms with E-state index in [0.717, 1.165) is 18.8 Å². The van der Waals surface area contributed by atoms with Crippen molar-refractivity contribution in [1.82, 2.24) is 0 Å². The SMILES string of the molecule is CC#CCC(=O)C1CCC(CCCC)CC1. The highest BCUT2D eigenvalue weighted by molar-refractivity contribution is 5.83. The average molecular weight is 220 g/mol. The molecule has 0 radical (unpaired) electrons. The summed E-state index contributed by atoms with van der Waals surface area (Å²) >= 11 is 0. The summed E-state index contributed by atoms with van der Waals surface area (Å²) in [6, 6.07) is 0. The molecular weight excluding hydrogens is 196 g/mol. The molecule has 1 saturated carbocycles. The Morgan fingerprint density at radius 2 is 1.94 bits per heavy atom. The van der Waals surface area contributed by atoms with Gasteiger partial charge >= 0.3 is 0 Å². The van der Waals surface area contributed by atoms with Gasteiger partial charge in [-0.1, -0.05) is 32.1 Å². The van der Waals surface area contributed by atoms with Crippen molar-refractivity contribution in [3.05, 3.63) is 0 Å². The van der Waals surface area contributed by atoms with Crippen molar-refractivity contribution in [3.63, 3.8) is 0 Å². The van der Waals surface area contributed by atoms with E-state index in [1.807, 2.05) is 0 Å². The van der Waals surface area contributed by atoms with E-state index in [9.17, 15) is 4.79 Å². The predicted octanol–water partition coefficient (Wildman–Crippen LogP) is 3.97. The molecule has 0 amide bonds. The lowest BCUT2D eigenvalue weighted by atomic mass is 9.78. The second kappa shape index (κ2) is 7.49. The molecule has 1 rings (SSSR count). The Morgan fingerprint density at radius 3 is 2.50 bits per heavy atom. The van der Waals surface area contributed by atoms with Crippen LogP contribution in [0.3, 0.4) is 0 Å². The van der Waals surface area contributed by atoms with Crippen LogP contribution in [0.25, 0.3) is 0 Å². The monoisotopic (exact) mass is 220 g/mol. The Bertz CT molecular complexity index is 261. The van der Waals surface area contributed by atoms with Crippen LogP contribution in [0, 0.1) is 23.7 Å². The number of ketones is 1. The van der Waals surface area contributed by atoms with Gasteiger partial charge < -0.3 is 0 Å². The van der Waals surface area contributed by atoms with E-state index < -0.39 is 0 Å². The summed E-state index contributed by atoms with van der Waals surface area (Å²) in [5, 5.41) is 0. The maximum atomic E-state index is 11.8. The minimum absolute atomic E-state index is 0.318. The Morgan fingerprint density at radius 1 is 1.25 bits per heavy atom. The number of Topliss-reactive ketones (excluding diaryl/α,β-unsaturated/α-hetero) is 1. The fraction of sp³-hybridized carbons (Fsp3) is 0.800. The van der Waals surface area contributed by atoms with Crippen LogP contribution in [-0.2, 0) is 4.79 Å². The van der Waals surface area contributed by atoms with Crippen molar-refractivity contribution in [2.45, 2.75) is 65.2 Å². The molecular formula is C15H24O. The first-order valence-corrected chi connectivity index (χ1v) is 6.70. The smallest absolute Gasteiger partial charge is 0.147 e. The quantitative estimate of drug-likeness (QED) is 0.641. The summed E-state index contributed by atoms with van der Waals surface area (Å²) in [6.45, 7) is 4.05. The van der Waals surface area contributed by atoms with Gasteiger partial charge in [0.1, 0.15) is 5.78 Å². The van der Waals surface area contributed by atoms with Crippen molar-refractivity contribution < 1.29 is 4.79 Å². The van der Waals surface area contributed by atoms with Gasteiger partial charge in [0.2, 0.25) is 0 Å². The largest absolute Gasteiger partial charge is 0.298 e. The molecule has 0 atom stereocenters. The zero-order valence-corrected chi connectivity index (χ0v) is 10.7. The lowest BCUT2D eigenvalue weighted by molar-refractivity contribution is -0.123. The van der Waals surface area contributed by atoms with E-state index in [1.165, 1.54) is 32.1 Å². The van der Waals surface area contributed by atoms with E-state index in [4.69, 9.17) is 0 Å². The van der Waals surface area contributed by atoms with Gasteiger partial charge in [-0.25, -0.2) is 0 Å². The Hall–Kier alpha value is -0.770. The Labute approximate surface area is 100 Å². The van der Waals surface area contributed by atoms with Crippen LogP contribution in [0.2, 0.25) is 0 Å². The summed E-state index contributed by atoms with van der Waals surface area (Å²) in [5.74, 6) is 7.28. The van der Waals surface area contributed by atoms with Crippen molar-refractivity contribution in [2.75, 3.05) is 0 Å². The number of carbonyl (C=O) groups excluding carboxylic acids is 1. The predicted molar refractivity (Wildman–Crippen MR) is 68.0 cm³/mol. The van der Waals surface area contributed by atoms with Gasteiger partial charge in [-0.05, 0) is 38.5 Å². The third kappa shape index (κ3) is 4.39. The molecule has 1 nitrogen and oxygen atoms in total. The van der Waals surface area contributed by atoms with Crippen molar-refractivity contribution >= 4 is 5.78 Å². The third-order valence-corrected chi connectivity index (χ3v) is 3.71. The van der Waals surface area contributed by atoms with Crippen molar-refractivity contribution in [1.29, 1.82) is 0 Å². The summed E-state index contributed by atoms with van der Waals surface area (Å²) in [7, 11) is 0. The van der Waals surface area contributed by atoms with Gasteiger partial charge in [-0.2, -0.15) is 0 Å². The van der Waals surface area contributed by atoms with E-state index in [1.54, 1.807) is 6.92 Å².